The summed E-state index contributed by atoms with van der Waals surface area (Å²) in [6.07, 6.45) is 4.64. The van der Waals surface area contributed by atoms with Crippen molar-refractivity contribution in [2.24, 2.45) is 0 Å². The predicted molar refractivity (Wildman–Crippen MR) is 67.8 cm³/mol. The third-order valence-corrected chi connectivity index (χ3v) is 2.51. The molecule has 0 aliphatic carbocycles. The number of hydrogen-bond acceptors (Lipinski definition) is 2. The summed E-state index contributed by atoms with van der Waals surface area (Å²) in [7, 11) is 1.67. The first-order valence-corrected chi connectivity index (χ1v) is 5.64. The molecule has 2 nitrogen and oxygen atoms in total. The molecule has 1 rings (SSSR count). The van der Waals surface area contributed by atoms with E-state index < -0.39 is 0 Å². The summed E-state index contributed by atoms with van der Waals surface area (Å²) in [4.78, 5) is 0. The van der Waals surface area contributed by atoms with Crippen molar-refractivity contribution < 1.29 is 9.84 Å². The molecule has 0 heterocycles. The van der Waals surface area contributed by atoms with Crippen LogP contribution >= 0.6 is 0 Å². The molecule has 0 saturated heterocycles. The van der Waals surface area contributed by atoms with Gasteiger partial charge in [0.15, 0.2) is 0 Å². The number of aliphatic hydroxyl groups is 1. The molecule has 1 N–H and O–H groups in total. The maximum Gasteiger partial charge on any atom is 0.126 e. The molecule has 1 aromatic rings. The Kier molecular flexibility index (Phi) is 5.06. The zero-order valence-electron chi connectivity index (χ0n) is 10.2. The first kappa shape index (κ1) is 12.8. The molecule has 1 aromatic carbocycles. The van der Waals surface area contributed by atoms with Gasteiger partial charge in [-0.2, -0.15) is 0 Å². The van der Waals surface area contributed by atoms with E-state index in [2.05, 4.69) is 26.0 Å². The molecule has 0 spiro atoms. The first-order chi connectivity index (χ1) is 7.69. The lowest BCUT2D eigenvalue weighted by atomic mass is 10.00. The van der Waals surface area contributed by atoms with Crippen LogP contribution in [0.15, 0.2) is 24.3 Å². The van der Waals surface area contributed by atoms with Crippen molar-refractivity contribution in [1.29, 1.82) is 0 Å². The fraction of sp³-hybridized carbons (Fsp3) is 0.429. The van der Waals surface area contributed by atoms with Crippen LogP contribution in [0.1, 0.15) is 37.3 Å². The molecule has 0 bridgehead atoms. The molecule has 0 fully saturated rings. The van der Waals surface area contributed by atoms with E-state index in [0.717, 1.165) is 11.3 Å². The minimum absolute atomic E-state index is 0.183. The van der Waals surface area contributed by atoms with E-state index in [9.17, 15) is 0 Å². The Morgan fingerprint density at radius 2 is 2.12 bits per heavy atom. The Morgan fingerprint density at radius 3 is 2.69 bits per heavy atom. The van der Waals surface area contributed by atoms with Crippen LogP contribution in [0.5, 0.6) is 5.75 Å². The van der Waals surface area contributed by atoms with E-state index in [1.54, 1.807) is 7.11 Å². The highest BCUT2D eigenvalue weighted by Crippen LogP contribution is 2.25. The second kappa shape index (κ2) is 6.33. The fourth-order valence-corrected chi connectivity index (χ4v) is 1.53. The van der Waals surface area contributed by atoms with Crippen LogP contribution in [-0.4, -0.2) is 18.8 Å². The Labute approximate surface area is 97.6 Å². The van der Waals surface area contributed by atoms with E-state index in [0.29, 0.717) is 12.3 Å². The molecular weight excluding hydrogens is 200 g/mol. The van der Waals surface area contributed by atoms with Crippen molar-refractivity contribution in [2.75, 3.05) is 13.7 Å². The average molecular weight is 220 g/mol. The fourth-order valence-electron chi connectivity index (χ4n) is 1.53. The van der Waals surface area contributed by atoms with Crippen LogP contribution in [0.2, 0.25) is 0 Å². The Bertz CT molecular complexity index is 354. The Balaban J connectivity index is 2.97. The molecule has 0 saturated carbocycles. The average Bonchev–Trinajstić information content (AvgIpc) is 2.29. The quantitative estimate of drug-likeness (QED) is 0.825. The van der Waals surface area contributed by atoms with E-state index in [1.165, 1.54) is 5.56 Å². The van der Waals surface area contributed by atoms with Crippen molar-refractivity contribution in [1.82, 2.24) is 0 Å². The number of methoxy groups -OCH3 is 1. The van der Waals surface area contributed by atoms with Crippen LogP contribution in [0, 0.1) is 0 Å². The second-order valence-electron chi connectivity index (χ2n) is 4.07. The molecule has 0 unspecified atom stereocenters. The van der Waals surface area contributed by atoms with Crippen LogP contribution < -0.4 is 4.74 Å². The molecule has 2 heteroatoms. The van der Waals surface area contributed by atoms with E-state index in [1.807, 2.05) is 18.2 Å². The zero-order chi connectivity index (χ0) is 12.0. The normalized spacial score (nSPS) is 11.3. The van der Waals surface area contributed by atoms with Gasteiger partial charge < -0.3 is 9.84 Å². The van der Waals surface area contributed by atoms with Crippen LogP contribution in [0.3, 0.4) is 0 Å². The van der Waals surface area contributed by atoms with Crippen LogP contribution in [-0.2, 0) is 0 Å². The lowest BCUT2D eigenvalue weighted by Gasteiger charge is -2.10. The lowest BCUT2D eigenvalue weighted by Crippen LogP contribution is -1.92. The second-order valence-corrected chi connectivity index (χ2v) is 4.07. The monoisotopic (exact) mass is 220 g/mol. The van der Waals surface area contributed by atoms with Gasteiger partial charge in [-0.05, 0) is 30.0 Å². The summed E-state index contributed by atoms with van der Waals surface area (Å²) in [6.45, 7) is 4.52. The summed E-state index contributed by atoms with van der Waals surface area (Å²) >= 11 is 0. The number of ether oxygens (including phenoxy) is 1. The highest BCUT2D eigenvalue weighted by molar-refractivity contribution is 5.58. The largest absolute Gasteiger partial charge is 0.496 e. The van der Waals surface area contributed by atoms with Gasteiger partial charge in [0, 0.05) is 12.2 Å². The lowest BCUT2D eigenvalue weighted by molar-refractivity contribution is 0.303. The SMILES string of the molecule is COc1ccc(C(C)C)cc1/C=C/CCO. The number of aliphatic hydroxyl groups excluding tert-OH is 1. The predicted octanol–water partition coefficient (Wildman–Crippen LogP) is 3.21. The molecule has 88 valence electrons. The van der Waals surface area contributed by atoms with Crippen LogP contribution in [0.25, 0.3) is 6.08 Å². The maximum absolute atomic E-state index is 8.73. The van der Waals surface area contributed by atoms with Gasteiger partial charge in [0.25, 0.3) is 0 Å². The highest BCUT2D eigenvalue weighted by Gasteiger charge is 2.04. The van der Waals surface area contributed by atoms with Gasteiger partial charge in [-0.15, -0.1) is 0 Å². The topological polar surface area (TPSA) is 29.5 Å². The molecule has 0 aliphatic rings. The molecule has 0 amide bonds. The number of rotatable bonds is 5. The van der Waals surface area contributed by atoms with Gasteiger partial charge in [0.1, 0.15) is 5.75 Å². The highest BCUT2D eigenvalue weighted by atomic mass is 16.5. The van der Waals surface area contributed by atoms with E-state index in [4.69, 9.17) is 9.84 Å². The number of benzene rings is 1. The van der Waals surface area contributed by atoms with E-state index >= 15 is 0 Å². The Morgan fingerprint density at radius 1 is 1.38 bits per heavy atom. The summed E-state index contributed by atoms with van der Waals surface area (Å²) in [5.74, 6) is 1.38. The van der Waals surface area contributed by atoms with Crippen LogP contribution in [0.4, 0.5) is 0 Å². The minimum Gasteiger partial charge on any atom is -0.496 e. The number of hydrogen-bond donors (Lipinski definition) is 1. The summed E-state index contributed by atoms with van der Waals surface area (Å²) < 4.78 is 5.30. The van der Waals surface area contributed by atoms with Crippen molar-refractivity contribution >= 4 is 6.08 Å². The van der Waals surface area contributed by atoms with Crippen molar-refractivity contribution in [2.45, 2.75) is 26.2 Å². The molecule has 0 atom stereocenters. The summed E-state index contributed by atoms with van der Waals surface area (Å²) in [5, 5.41) is 8.73. The summed E-state index contributed by atoms with van der Waals surface area (Å²) in [5.41, 5.74) is 2.37. The molecule has 0 aliphatic heterocycles. The summed E-state index contributed by atoms with van der Waals surface area (Å²) in [6, 6.07) is 6.22. The Hall–Kier alpha value is -1.28. The van der Waals surface area contributed by atoms with Gasteiger partial charge in [-0.25, -0.2) is 0 Å². The molecule has 0 aromatic heterocycles. The smallest absolute Gasteiger partial charge is 0.126 e. The third-order valence-electron chi connectivity index (χ3n) is 2.51. The zero-order valence-corrected chi connectivity index (χ0v) is 10.2. The molecule has 16 heavy (non-hydrogen) atoms. The van der Waals surface area contributed by atoms with Gasteiger partial charge in [-0.3, -0.25) is 0 Å². The van der Waals surface area contributed by atoms with Crippen molar-refractivity contribution in [3.63, 3.8) is 0 Å². The van der Waals surface area contributed by atoms with Crippen molar-refractivity contribution in [3.05, 3.63) is 35.4 Å². The molecular formula is C14H20O2. The maximum atomic E-state index is 8.73. The van der Waals surface area contributed by atoms with Gasteiger partial charge in [0.2, 0.25) is 0 Å². The van der Waals surface area contributed by atoms with Gasteiger partial charge in [-0.1, -0.05) is 32.1 Å². The first-order valence-electron chi connectivity index (χ1n) is 5.64. The standard InChI is InChI=1S/C14H20O2/c1-11(2)12-7-8-14(16-3)13(10-12)6-4-5-9-15/h4,6-8,10-11,15H,5,9H2,1-3H3/b6-4+. The molecule has 0 radical (unpaired) electrons. The van der Waals surface area contributed by atoms with Crippen molar-refractivity contribution in [3.8, 4) is 5.75 Å². The minimum atomic E-state index is 0.183. The van der Waals surface area contributed by atoms with Gasteiger partial charge >= 0.3 is 0 Å². The van der Waals surface area contributed by atoms with E-state index in [-0.39, 0.29) is 6.61 Å². The third kappa shape index (κ3) is 3.38. The van der Waals surface area contributed by atoms with Gasteiger partial charge in [0.05, 0.1) is 7.11 Å².